The molecule has 0 saturated heterocycles. The molecule has 5 heteroatoms. The van der Waals surface area contributed by atoms with E-state index in [0.29, 0.717) is 12.2 Å². The molecule has 0 aliphatic carbocycles. The lowest BCUT2D eigenvalue weighted by Gasteiger charge is -1.99. The van der Waals surface area contributed by atoms with E-state index < -0.39 is 5.82 Å². The molecule has 1 aromatic heterocycles. The molecule has 0 unspecified atom stereocenters. The smallest absolute Gasteiger partial charge is 0.141 e. The zero-order chi connectivity index (χ0) is 11.5. The molecule has 0 amide bonds. The van der Waals surface area contributed by atoms with Crippen LogP contribution in [0.5, 0.6) is 0 Å². The van der Waals surface area contributed by atoms with Crippen molar-refractivity contribution in [2.24, 2.45) is 0 Å². The van der Waals surface area contributed by atoms with Crippen molar-refractivity contribution in [3.8, 4) is 11.3 Å². The van der Waals surface area contributed by atoms with Crippen LogP contribution in [0.1, 0.15) is 5.82 Å². The highest BCUT2D eigenvalue weighted by Crippen LogP contribution is 2.23. The SMILES string of the molecule is OCCc1ncc(-c2ccc(F)c(Cl)c2)[nH]1. The van der Waals surface area contributed by atoms with Gasteiger partial charge in [-0.1, -0.05) is 11.6 Å². The first kappa shape index (κ1) is 11.1. The van der Waals surface area contributed by atoms with Gasteiger partial charge in [-0.3, -0.25) is 0 Å². The van der Waals surface area contributed by atoms with E-state index >= 15 is 0 Å². The summed E-state index contributed by atoms with van der Waals surface area (Å²) in [7, 11) is 0. The predicted molar refractivity (Wildman–Crippen MR) is 59.8 cm³/mol. The second-order valence-corrected chi connectivity index (χ2v) is 3.75. The average molecular weight is 241 g/mol. The molecule has 0 bridgehead atoms. The van der Waals surface area contributed by atoms with E-state index in [4.69, 9.17) is 16.7 Å². The normalized spacial score (nSPS) is 10.7. The number of nitrogens with zero attached hydrogens (tertiary/aromatic N) is 1. The fraction of sp³-hybridized carbons (Fsp3) is 0.182. The zero-order valence-corrected chi connectivity index (χ0v) is 9.13. The van der Waals surface area contributed by atoms with Gasteiger partial charge in [-0.15, -0.1) is 0 Å². The number of benzene rings is 1. The lowest BCUT2D eigenvalue weighted by molar-refractivity contribution is 0.297. The molecule has 3 nitrogen and oxygen atoms in total. The highest BCUT2D eigenvalue weighted by atomic mass is 35.5. The van der Waals surface area contributed by atoms with Gasteiger partial charge in [0.1, 0.15) is 11.6 Å². The first-order chi connectivity index (χ1) is 7.70. The summed E-state index contributed by atoms with van der Waals surface area (Å²) in [5.74, 6) is 0.249. The Morgan fingerprint density at radius 3 is 2.94 bits per heavy atom. The van der Waals surface area contributed by atoms with Crippen molar-refractivity contribution in [3.05, 3.63) is 41.1 Å². The Kier molecular flexibility index (Phi) is 3.22. The summed E-state index contributed by atoms with van der Waals surface area (Å²) in [6.45, 7) is 0.0388. The molecule has 0 aliphatic heterocycles. The average Bonchev–Trinajstić information content (AvgIpc) is 2.71. The molecular formula is C11H10ClFN2O. The van der Waals surface area contributed by atoms with Crippen LogP contribution in [0.4, 0.5) is 4.39 Å². The molecule has 2 N–H and O–H groups in total. The monoisotopic (exact) mass is 240 g/mol. The first-order valence-electron chi connectivity index (χ1n) is 4.81. The summed E-state index contributed by atoms with van der Waals surface area (Å²) < 4.78 is 12.9. The van der Waals surface area contributed by atoms with Gasteiger partial charge in [-0.25, -0.2) is 9.37 Å². The second-order valence-electron chi connectivity index (χ2n) is 3.35. The predicted octanol–water partition coefficient (Wildman–Crippen LogP) is 2.40. The number of hydrogen-bond donors (Lipinski definition) is 2. The van der Waals surface area contributed by atoms with Gasteiger partial charge < -0.3 is 10.1 Å². The number of aromatic amines is 1. The Morgan fingerprint density at radius 1 is 1.44 bits per heavy atom. The third-order valence-corrected chi connectivity index (χ3v) is 2.50. The Bertz CT molecular complexity index is 498. The fourth-order valence-electron chi connectivity index (χ4n) is 1.41. The van der Waals surface area contributed by atoms with Gasteiger partial charge in [0.15, 0.2) is 0 Å². The third-order valence-electron chi connectivity index (χ3n) is 2.21. The lowest BCUT2D eigenvalue weighted by Crippen LogP contribution is -1.92. The molecule has 2 rings (SSSR count). The van der Waals surface area contributed by atoms with Crippen molar-refractivity contribution in [2.75, 3.05) is 6.61 Å². The largest absolute Gasteiger partial charge is 0.396 e. The summed E-state index contributed by atoms with van der Waals surface area (Å²) >= 11 is 5.68. The Hall–Kier alpha value is -1.39. The van der Waals surface area contributed by atoms with Gasteiger partial charge in [-0.2, -0.15) is 0 Å². The molecular weight excluding hydrogens is 231 g/mol. The van der Waals surface area contributed by atoms with Crippen LogP contribution in [-0.2, 0) is 6.42 Å². The maximum Gasteiger partial charge on any atom is 0.141 e. The minimum Gasteiger partial charge on any atom is -0.396 e. The van der Waals surface area contributed by atoms with Crippen LogP contribution < -0.4 is 0 Å². The number of nitrogens with one attached hydrogen (secondary N) is 1. The van der Waals surface area contributed by atoms with Crippen molar-refractivity contribution in [2.45, 2.75) is 6.42 Å². The van der Waals surface area contributed by atoms with Crippen LogP contribution in [0.2, 0.25) is 5.02 Å². The maximum atomic E-state index is 12.9. The van der Waals surface area contributed by atoms with Crippen LogP contribution in [0.25, 0.3) is 11.3 Å². The Morgan fingerprint density at radius 2 is 2.25 bits per heavy atom. The summed E-state index contributed by atoms with van der Waals surface area (Å²) in [6, 6.07) is 4.47. The quantitative estimate of drug-likeness (QED) is 0.866. The number of hydrogen-bond acceptors (Lipinski definition) is 2. The Balaban J connectivity index is 2.31. The van der Waals surface area contributed by atoms with Crippen LogP contribution in [0.15, 0.2) is 24.4 Å². The maximum absolute atomic E-state index is 12.9. The van der Waals surface area contributed by atoms with Gasteiger partial charge in [0.25, 0.3) is 0 Å². The molecule has 16 heavy (non-hydrogen) atoms. The number of aliphatic hydroxyl groups is 1. The van der Waals surface area contributed by atoms with E-state index in [1.165, 1.54) is 12.1 Å². The molecule has 84 valence electrons. The molecule has 0 radical (unpaired) electrons. The number of imidazole rings is 1. The number of H-pyrrole nitrogens is 1. The van der Waals surface area contributed by atoms with Gasteiger partial charge in [0.2, 0.25) is 0 Å². The van der Waals surface area contributed by atoms with Crippen molar-refractivity contribution >= 4 is 11.6 Å². The topological polar surface area (TPSA) is 48.9 Å². The summed E-state index contributed by atoms with van der Waals surface area (Å²) in [5.41, 5.74) is 1.52. The van der Waals surface area contributed by atoms with E-state index in [0.717, 1.165) is 11.3 Å². The van der Waals surface area contributed by atoms with Crippen LogP contribution in [0.3, 0.4) is 0 Å². The minimum absolute atomic E-state index is 0.0388. The van der Waals surface area contributed by atoms with Crippen molar-refractivity contribution in [1.82, 2.24) is 9.97 Å². The second kappa shape index (κ2) is 4.63. The molecule has 0 atom stereocenters. The molecule has 1 aromatic carbocycles. The molecule has 0 spiro atoms. The van der Waals surface area contributed by atoms with Crippen LogP contribution in [-0.4, -0.2) is 21.7 Å². The standard InChI is InChI=1S/C11H10ClFN2O/c12-8-5-7(1-2-9(8)13)10-6-14-11(15-10)3-4-16/h1-2,5-6,16H,3-4H2,(H,14,15). The number of halogens is 2. The van der Waals surface area contributed by atoms with Crippen molar-refractivity contribution in [3.63, 3.8) is 0 Å². The summed E-state index contributed by atoms with van der Waals surface area (Å²) in [5, 5.41) is 8.83. The van der Waals surface area contributed by atoms with Crippen molar-refractivity contribution < 1.29 is 9.50 Å². The fourth-order valence-corrected chi connectivity index (χ4v) is 1.59. The molecule has 0 aliphatic rings. The van der Waals surface area contributed by atoms with Gasteiger partial charge in [-0.05, 0) is 18.2 Å². The van der Waals surface area contributed by atoms with Gasteiger partial charge in [0.05, 0.1) is 23.5 Å². The minimum atomic E-state index is -0.444. The van der Waals surface area contributed by atoms with Gasteiger partial charge >= 0.3 is 0 Å². The number of aromatic nitrogens is 2. The highest BCUT2D eigenvalue weighted by Gasteiger charge is 2.06. The van der Waals surface area contributed by atoms with Gasteiger partial charge in [0, 0.05) is 12.0 Å². The molecule has 0 saturated carbocycles. The molecule has 2 aromatic rings. The first-order valence-corrected chi connectivity index (χ1v) is 5.18. The van der Waals surface area contributed by atoms with E-state index in [-0.39, 0.29) is 11.6 Å². The van der Waals surface area contributed by atoms with Crippen LogP contribution >= 0.6 is 11.6 Å². The molecule has 1 heterocycles. The lowest BCUT2D eigenvalue weighted by atomic mass is 10.2. The zero-order valence-electron chi connectivity index (χ0n) is 8.37. The number of rotatable bonds is 3. The van der Waals surface area contributed by atoms with Crippen LogP contribution in [0, 0.1) is 5.82 Å². The number of aliphatic hydroxyl groups excluding tert-OH is 1. The summed E-state index contributed by atoms with van der Waals surface area (Å²) in [6.07, 6.45) is 2.10. The summed E-state index contributed by atoms with van der Waals surface area (Å²) in [4.78, 5) is 7.11. The van der Waals surface area contributed by atoms with E-state index in [1.54, 1.807) is 12.3 Å². The third kappa shape index (κ3) is 2.23. The molecule has 0 fully saturated rings. The highest BCUT2D eigenvalue weighted by molar-refractivity contribution is 6.31. The van der Waals surface area contributed by atoms with E-state index in [1.807, 2.05) is 0 Å². The van der Waals surface area contributed by atoms with E-state index in [2.05, 4.69) is 9.97 Å². The van der Waals surface area contributed by atoms with Crippen molar-refractivity contribution in [1.29, 1.82) is 0 Å². The van der Waals surface area contributed by atoms with E-state index in [9.17, 15) is 4.39 Å². The Labute approximate surface area is 96.9 Å².